The lowest BCUT2D eigenvalue weighted by Gasteiger charge is -2.38. The number of ether oxygens (including phenoxy) is 1. The van der Waals surface area contributed by atoms with Gasteiger partial charge in [-0.3, -0.25) is 0 Å². The number of carboxylic acids is 1. The molecule has 1 saturated heterocycles. The van der Waals surface area contributed by atoms with Gasteiger partial charge >= 0.3 is 5.97 Å². The van der Waals surface area contributed by atoms with Gasteiger partial charge in [0.25, 0.3) is 0 Å². The van der Waals surface area contributed by atoms with Crippen LogP contribution >= 0.6 is 0 Å². The quantitative estimate of drug-likeness (QED) is 0.903. The molecule has 0 aliphatic carbocycles. The zero-order chi connectivity index (χ0) is 13.8. The van der Waals surface area contributed by atoms with Crippen molar-refractivity contribution in [3.05, 3.63) is 18.3 Å². The summed E-state index contributed by atoms with van der Waals surface area (Å²) < 4.78 is 5.10. The van der Waals surface area contributed by atoms with E-state index in [0.717, 1.165) is 25.1 Å². The van der Waals surface area contributed by atoms with E-state index in [1.807, 2.05) is 11.0 Å². The van der Waals surface area contributed by atoms with Gasteiger partial charge in [-0.1, -0.05) is 13.3 Å². The molecule has 5 nitrogen and oxygen atoms in total. The largest absolute Gasteiger partial charge is 0.481 e. The lowest BCUT2D eigenvalue weighted by molar-refractivity contribution is -0.139. The van der Waals surface area contributed by atoms with Crippen LogP contribution in [0, 0.1) is 5.92 Å². The number of carboxylic acid groups (broad SMARTS) is 1. The molecule has 1 aliphatic rings. The predicted octanol–water partition coefficient (Wildman–Crippen LogP) is 2.17. The lowest BCUT2D eigenvalue weighted by Crippen LogP contribution is -2.47. The lowest BCUT2D eigenvalue weighted by atomic mass is 9.88. The molecule has 2 atom stereocenters. The summed E-state index contributed by atoms with van der Waals surface area (Å²) in [7, 11) is 1.56. The molecule has 104 valence electrons. The van der Waals surface area contributed by atoms with Crippen molar-refractivity contribution < 1.29 is 14.6 Å². The van der Waals surface area contributed by atoms with E-state index in [-0.39, 0.29) is 0 Å². The van der Waals surface area contributed by atoms with E-state index in [1.54, 1.807) is 19.4 Å². The molecule has 0 saturated carbocycles. The zero-order valence-corrected chi connectivity index (χ0v) is 11.4. The predicted molar refractivity (Wildman–Crippen MR) is 72.6 cm³/mol. The Morgan fingerprint density at radius 2 is 2.42 bits per heavy atom. The van der Waals surface area contributed by atoms with Crippen molar-refractivity contribution in [1.29, 1.82) is 0 Å². The smallest absolute Gasteiger partial charge is 0.326 e. The van der Waals surface area contributed by atoms with E-state index in [2.05, 4.69) is 11.9 Å². The van der Waals surface area contributed by atoms with Crippen molar-refractivity contribution >= 4 is 11.7 Å². The molecule has 0 spiro atoms. The first kappa shape index (κ1) is 13.6. The number of aromatic nitrogens is 1. The van der Waals surface area contributed by atoms with Gasteiger partial charge in [-0.15, -0.1) is 0 Å². The second-order valence-corrected chi connectivity index (χ2v) is 4.90. The highest BCUT2D eigenvalue weighted by Crippen LogP contribution is 2.30. The third kappa shape index (κ3) is 2.97. The van der Waals surface area contributed by atoms with Crippen LogP contribution in [-0.2, 0) is 4.79 Å². The van der Waals surface area contributed by atoms with Gasteiger partial charge in [0.05, 0.1) is 7.11 Å². The standard InChI is InChI=1S/C14H20N2O3/c1-3-10-5-7-16(12(8-10)14(17)18)11-4-6-15-13(9-11)19-2/h4,6,9-10,12H,3,5,7-8H2,1-2H3,(H,17,18). The van der Waals surface area contributed by atoms with Crippen LogP contribution in [0.25, 0.3) is 0 Å². The molecule has 0 amide bonds. The van der Waals surface area contributed by atoms with E-state index in [1.165, 1.54) is 0 Å². The fourth-order valence-electron chi connectivity index (χ4n) is 2.64. The molecule has 0 aromatic carbocycles. The number of anilines is 1. The van der Waals surface area contributed by atoms with Gasteiger partial charge in [-0.2, -0.15) is 0 Å². The van der Waals surface area contributed by atoms with E-state index in [9.17, 15) is 9.90 Å². The molecule has 19 heavy (non-hydrogen) atoms. The number of aliphatic carboxylic acids is 1. The van der Waals surface area contributed by atoms with Gasteiger partial charge in [-0.05, 0) is 24.8 Å². The number of carbonyl (C=O) groups is 1. The average molecular weight is 264 g/mol. The Bertz CT molecular complexity index is 450. The Hall–Kier alpha value is -1.78. The van der Waals surface area contributed by atoms with E-state index in [0.29, 0.717) is 18.2 Å². The van der Waals surface area contributed by atoms with Crippen LogP contribution in [0.1, 0.15) is 26.2 Å². The summed E-state index contributed by atoms with van der Waals surface area (Å²) in [6, 6.07) is 3.18. The Morgan fingerprint density at radius 1 is 1.63 bits per heavy atom. The van der Waals surface area contributed by atoms with Crippen LogP contribution in [0.3, 0.4) is 0 Å². The number of piperidine rings is 1. The van der Waals surface area contributed by atoms with E-state index < -0.39 is 12.0 Å². The highest BCUT2D eigenvalue weighted by Gasteiger charge is 2.32. The molecule has 5 heteroatoms. The first-order valence-corrected chi connectivity index (χ1v) is 6.65. The first-order chi connectivity index (χ1) is 9.15. The summed E-state index contributed by atoms with van der Waals surface area (Å²) in [6.45, 7) is 2.89. The second kappa shape index (κ2) is 5.91. The summed E-state index contributed by atoms with van der Waals surface area (Å²) in [4.78, 5) is 17.5. The van der Waals surface area contributed by atoms with Crippen molar-refractivity contribution in [2.24, 2.45) is 5.92 Å². The second-order valence-electron chi connectivity index (χ2n) is 4.90. The molecular weight excluding hydrogens is 244 g/mol. The molecule has 2 rings (SSSR count). The van der Waals surface area contributed by atoms with E-state index >= 15 is 0 Å². The molecule has 0 bridgehead atoms. The van der Waals surface area contributed by atoms with Gasteiger partial charge in [-0.25, -0.2) is 9.78 Å². The van der Waals surface area contributed by atoms with E-state index in [4.69, 9.17) is 4.74 Å². The van der Waals surface area contributed by atoms with Crippen molar-refractivity contribution in [2.75, 3.05) is 18.6 Å². The van der Waals surface area contributed by atoms with Crippen molar-refractivity contribution in [2.45, 2.75) is 32.2 Å². The minimum atomic E-state index is -0.756. The number of rotatable bonds is 4. The summed E-state index contributed by atoms with van der Waals surface area (Å²) >= 11 is 0. The summed E-state index contributed by atoms with van der Waals surface area (Å²) in [6.07, 6.45) is 4.43. The minimum Gasteiger partial charge on any atom is -0.481 e. The molecular formula is C14H20N2O3. The molecule has 1 aliphatic heterocycles. The third-order valence-electron chi connectivity index (χ3n) is 3.83. The average Bonchev–Trinajstić information content (AvgIpc) is 2.46. The number of hydrogen-bond acceptors (Lipinski definition) is 4. The van der Waals surface area contributed by atoms with Crippen LogP contribution in [0.5, 0.6) is 5.88 Å². The molecule has 2 heterocycles. The Morgan fingerprint density at radius 3 is 3.05 bits per heavy atom. The van der Waals surface area contributed by atoms with Gasteiger partial charge in [0, 0.05) is 24.5 Å². The molecule has 2 unspecified atom stereocenters. The number of hydrogen-bond donors (Lipinski definition) is 1. The zero-order valence-electron chi connectivity index (χ0n) is 11.4. The van der Waals surface area contributed by atoms with Crippen LogP contribution < -0.4 is 9.64 Å². The van der Waals surface area contributed by atoms with Crippen molar-refractivity contribution in [3.8, 4) is 5.88 Å². The SMILES string of the molecule is CCC1CCN(c2ccnc(OC)c2)C(C(=O)O)C1. The number of pyridine rings is 1. The van der Waals surface area contributed by atoms with Crippen molar-refractivity contribution in [1.82, 2.24) is 4.98 Å². The minimum absolute atomic E-state index is 0.453. The summed E-state index contributed by atoms with van der Waals surface area (Å²) in [5.74, 6) is 0.259. The fourth-order valence-corrected chi connectivity index (χ4v) is 2.64. The molecule has 1 aromatic heterocycles. The van der Waals surface area contributed by atoms with Gasteiger partial charge in [0.1, 0.15) is 6.04 Å². The molecule has 1 fully saturated rings. The van der Waals surface area contributed by atoms with Gasteiger partial charge < -0.3 is 14.7 Å². The topological polar surface area (TPSA) is 62.7 Å². The van der Waals surface area contributed by atoms with Crippen LogP contribution in [0.4, 0.5) is 5.69 Å². The molecule has 1 N–H and O–H groups in total. The first-order valence-electron chi connectivity index (χ1n) is 6.65. The number of nitrogens with zero attached hydrogens (tertiary/aromatic N) is 2. The van der Waals surface area contributed by atoms with Gasteiger partial charge in [0.2, 0.25) is 5.88 Å². The van der Waals surface area contributed by atoms with Crippen LogP contribution in [0.2, 0.25) is 0 Å². The van der Waals surface area contributed by atoms with Gasteiger partial charge in [0.15, 0.2) is 0 Å². The third-order valence-corrected chi connectivity index (χ3v) is 3.83. The Balaban J connectivity index is 2.23. The highest BCUT2D eigenvalue weighted by molar-refractivity contribution is 5.78. The highest BCUT2D eigenvalue weighted by atomic mass is 16.5. The maximum absolute atomic E-state index is 11.5. The Labute approximate surface area is 113 Å². The fraction of sp³-hybridized carbons (Fsp3) is 0.571. The maximum atomic E-state index is 11.5. The monoisotopic (exact) mass is 264 g/mol. The van der Waals surface area contributed by atoms with Crippen molar-refractivity contribution in [3.63, 3.8) is 0 Å². The Kier molecular flexibility index (Phi) is 4.24. The summed E-state index contributed by atoms with van der Waals surface area (Å²) in [5, 5.41) is 9.42. The maximum Gasteiger partial charge on any atom is 0.326 e. The van der Waals surface area contributed by atoms with Crippen LogP contribution in [-0.4, -0.2) is 35.8 Å². The van der Waals surface area contributed by atoms with Crippen LogP contribution in [0.15, 0.2) is 18.3 Å². The number of methoxy groups -OCH3 is 1. The summed E-state index contributed by atoms with van der Waals surface area (Å²) in [5.41, 5.74) is 0.869. The molecule has 1 aromatic rings. The normalized spacial score (nSPS) is 23.2. The molecule has 0 radical (unpaired) electrons.